The van der Waals surface area contributed by atoms with Gasteiger partial charge < -0.3 is 19.1 Å². The summed E-state index contributed by atoms with van der Waals surface area (Å²) in [5, 5.41) is 10.1. The molecule has 102 valence electrons. The Bertz CT molecular complexity index is 556. The Morgan fingerprint density at radius 1 is 1.32 bits per heavy atom. The van der Waals surface area contributed by atoms with Crippen LogP contribution in [0.5, 0.6) is 0 Å². The Labute approximate surface area is 109 Å². The summed E-state index contributed by atoms with van der Waals surface area (Å²) in [4.78, 5) is 16.0. The highest BCUT2D eigenvalue weighted by Crippen LogP contribution is 2.11. The van der Waals surface area contributed by atoms with Gasteiger partial charge in [-0.25, -0.2) is 0 Å². The van der Waals surface area contributed by atoms with Gasteiger partial charge in [0, 0.05) is 7.11 Å². The molecule has 2 aromatic heterocycles. The lowest BCUT2D eigenvalue weighted by Gasteiger charge is -2.00. The molecule has 0 spiro atoms. The van der Waals surface area contributed by atoms with Gasteiger partial charge in [0.05, 0.1) is 12.2 Å². The molecule has 2 aromatic rings. The number of hydrogen-bond donors (Lipinski definition) is 1. The number of aryl methyl sites for hydroxylation is 2. The molecule has 0 aliphatic rings. The monoisotopic (exact) mass is 266 g/mol. The Balaban J connectivity index is 1.96. The summed E-state index contributed by atoms with van der Waals surface area (Å²) in [6.45, 7) is 3.79. The van der Waals surface area contributed by atoms with E-state index in [-0.39, 0.29) is 19.1 Å². The lowest BCUT2D eigenvalue weighted by atomic mass is 10.2. The largest absolute Gasteiger partial charge is 0.375 e. The van der Waals surface area contributed by atoms with Gasteiger partial charge in [-0.3, -0.25) is 4.79 Å². The predicted octanol–water partition coefficient (Wildman–Crippen LogP) is 0.751. The van der Waals surface area contributed by atoms with Crippen LogP contribution < -0.4 is 5.32 Å². The average molecular weight is 266 g/mol. The summed E-state index contributed by atoms with van der Waals surface area (Å²) in [6.07, 6.45) is 0. The molecule has 19 heavy (non-hydrogen) atoms. The number of rotatable bonds is 5. The second-order valence-electron chi connectivity index (χ2n) is 3.92. The zero-order valence-electron chi connectivity index (χ0n) is 10.9. The Morgan fingerprint density at radius 2 is 2.11 bits per heavy atom. The third-order valence-corrected chi connectivity index (χ3v) is 2.45. The standard InChI is InChI=1S/C11H14N4O4/c1-6-10(7(2)18-14-6)11(16)12-4-8-13-9(5-17-3)19-15-8/h4-5H2,1-3H3,(H,12,16). The van der Waals surface area contributed by atoms with Crippen molar-refractivity contribution in [3.8, 4) is 0 Å². The van der Waals surface area contributed by atoms with Crippen LogP contribution in [0.1, 0.15) is 33.5 Å². The highest BCUT2D eigenvalue weighted by molar-refractivity contribution is 5.95. The van der Waals surface area contributed by atoms with Crippen LogP contribution in [0.15, 0.2) is 9.05 Å². The van der Waals surface area contributed by atoms with Gasteiger partial charge in [0.25, 0.3) is 11.8 Å². The topological polar surface area (TPSA) is 103 Å². The number of nitrogens with one attached hydrogen (secondary N) is 1. The van der Waals surface area contributed by atoms with Gasteiger partial charge in [-0.05, 0) is 13.8 Å². The second-order valence-corrected chi connectivity index (χ2v) is 3.92. The van der Waals surface area contributed by atoms with Crippen molar-refractivity contribution in [2.24, 2.45) is 0 Å². The summed E-state index contributed by atoms with van der Waals surface area (Å²) in [6, 6.07) is 0. The van der Waals surface area contributed by atoms with Crippen molar-refractivity contribution < 1.29 is 18.6 Å². The molecule has 0 radical (unpaired) electrons. The third kappa shape index (κ3) is 2.97. The highest BCUT2D eigenvalue weighted by atomic mass is 16.5. The van der Waals surface area contributed by atoms with E-state index >= 15 is 0 Å². The second kappa shape index (κ2) is 5.61. The summed E-state index contributed by atoms with van der Waals surface area (Å²) in [7, 11) is 1.53. The molecule has 8 nitrogen and oxygen atoms in total. The first-order chi connectivity index (χ1) is 9.11. The molecule has 0 saturated heterocycles. The SMILES string of the molecule is COCc1nc(CNC(=O)c2c(C)noc2C)no1. The highest BCUT2D eigenvalue weighted by Gasteiger charge is 2.17. The first kappa shape index (κ1) is 13.2. The van der Waals surface area contributed by atoms with Crippen LogP contribution in [0.2, 0.25) is 0 Å². The van der Waals surface area contributed by atoms with E-state index in [9.17, 15) is 4.79 Å². The number of ether oxygens (including phenoxy) is 1. The smallest absolute Gasteiger partial charge is 0.257 e. The molecule has 0 atom stereocenters. The van der Waals surface area contributed by atoms with E-state index in [1.807, 2.05) is 0 Å². The summed E-state index contributed by atoms with van der Waals surface area (Å²) in [5.41, 5.74) is 0.976. The molecule has 0 aromatic carbocycles. The van der Waals surface area contributed by atoms with E-state index in [0.29, 0.717) is 28.7 Å². The molecule has 0 aliphatic carbocycles. The number of aromatic nitrogens is 3. The van der Waals surface area contributed by atoms with E-state index in [2.05, 4.69) is 20.6 Å². The fourth-order valence-corrected chi connectivity index (χ4v) is 1.60. The third-order valence-electron chi connectivity index (χ3n) is 2.45. The van der Waals surface area contributed by atoms with Crippen LogP contribution in [0.3, 0.4) is 0 Å². The molecular formula is C11H14N4O4. The van der Waals surface area contributed by atoms with Gasteiger partial charge in [-0.2, -0.15) is 4.98 Å². The minimum absolute atomic E-state index is 0.163. The normalized spacial score (nSPS) is 10.7. The minimum Gasteiger partial charge on any atom is -0.375 e. The Kier molecular flexibility index (Phi) is 3.91. The number of hydrogen-bond acceptors (Lipinski definition) is 7. The maximum Gasteiger partial charge on any atom is 0.257 e. The van der Waals surface area contributed by atoms with E-state index in [1.165, 1.54) is 7.11 Å². The molecule has 2 heterocycles. The van der Waals surface area contributed by atoms with Crippen molar-refractivity contribution in [3.63, 3.8) is 0 Å². The summed E-state index contributed by atoms with van der Waals surface area (Å²) in [5.74, 6) is 0.939. The zero-order chi connectivity index (χ0) is 13.8. The average Bonchev–Trinajstić information content (AvgIpc) is 2.95. The van der Waals surface area contributed by atoms with Crippen molar-refractivity contribution in [3.05, 3.63) is 28.7 Å². The van der Waals surface area contributed by atoms with Gasteiger partial charge in [0.2, 0.25) is 0 Å². The van der Waals surface area contributed by atoms with E-state index in [4.69, 9.17) is 13.8 Å². The van der Waals surface area contributed by atoms with E-state index in [1.54, 1.807) is 13.8 Å². The number of carbonyl (C=O) groups excluding carboxylic acids is 1. The molecule has 2 rings (SSSR count). The molecule has 1 amide bonds. The van der Waals surface area contributed by atoms with Gasteiger partial charge in [0.15, 0.2) is 5.82 Å². The van der Waals surface area contributed by atoms with Gasteiger partial charge in [0.1, 0.15) is 17.9 Å². The molecule has 8 heteroatoms. The van der Waals surface area contributed by atoms with E-state index in [0.717, 1.165) is 0 Å². The first-order valence-corrected chi connectivity index (χ1v) is 5.63. The minimum atomic E-state index is -0.283. The van der Waals surface area contributed by atoms with Crippen molar-refractivity contribution >= 4 is 5.91 Å². The van der Waals surface area contributed by atoms with Crippen LogP contribution in [-0.2, 0) is 17.9 Å². The van der Waals surface area contributed by atoms with E-state index < -0.39 is 0 Å². The van der Waals surface area contributed by atoms with Gasteiger partial charge >= 0.3 is 0 Å². The molecule has 0 bridgehead atoms. The number of amides is 1. The van der Waals surface area contributed by atoms with Crippen molar-refractivity contribution in [1.29, 1.82) is 0 Å². The maximum atomic E-state index is 11.9. The summed E-state index contributed by atoms with van der Waals surface area (Å²) < 4.78 is 14.7. The van der Waals surface area contributed by atoms with Crippen LogP contribution >= 0.6 is 0 Å². The lowest BCUT2D eigenvalue weighted by Crippen LogP contribution is -2.24. The quantitative estimate of drug-likeness (QED) is 0.851. The fraction of sp³-hybridized carbons (Fsp3) is 0.455. The molecule has 0 saturated carbocycles. The fourth-order valence-electron chi connectivity index (χ4n) is 1.60. The van der Waals surface area contributed by atoms with Crippen LogP contribution in [0.25, 0.3) is 0 Å². The lowest BCUT2D eigenvalue weighted by molar-refractivity contribution is 0.0947. The number of methoxy groups -OCH3 is 1. The van der Waals surface area contributed by atoms with Crippen LogP contribution in [0, 0.1) is 13.8 Å². The Hall–Kier alpha value is -2.22. The molecule has 1 N–H and O–H groups in total. The Morgan fingerprint density at radius 3 is 2.74 bits per heavy atom. The molecule has 0 fully saturated rings. The zero-order valence-corrected chi connectivity index (χ0v) is 10.9. The molecule has 0 unspecified atom stereocenters. The van der Waals surface area contributed by atoms with Crippen LogP contribution in [-0.4, -0.2) is 28.3 Å². The molecular weight excluding hydrogens is 252 g/mol. The molecule has 0 aliphatic heterocycles. The van der Waals surface area contributed by atoms with Gasteiger partial charge in [-0.15, -0.1) is 0 Å². The van der Waals surface area contributed by atoms with Crippen molar-refractivity contribution in [2.75, 3.05) is 7.11 Å². The number of carbonyl (C=O) groups is 1. The van der Waals surface area contributed by atoms with Crippen LogP contribution in [0.4, 0.5) is 0 Å². The summed E-state index contributed by atoms with van der Waals surface area (Å²) >= 11 is 0. The van der Waals surface area contributed by atoms with Crippen molar-refractivity contribution in [1.82, 2.24) is 20.6 Å². The van der Waals surface area contributed by atoms with Gasteiger partial charge in [-0.1, -0.05) is 10.3 Å². The first-order valence-electron chi connectivity index (χ1n) is 5.63. The predicted molar refractivity (Wildman–Crippen MR) is 62.2 cm³/mol. The maximum absolute atomic E-state index is 11.9. The number of nitrogens with zero attached hydrogens (tertiary/aromatic N) is 3. The van der Waals surface area contributed by atoms with Crippen molar-refractivity contribution in [2.45, 2.75) is 27.0 Å².